The summed E-state index contributed by atoms with van der Waals surface area (Å²) in [7, 11) is -4.63. The lowest BCUT2D eigenvalue weighted by molar-refractivity contribution is -0.384. The molecule has 0 bridgehead atoms. The van der Waals surface area contributed by atoms with Gasteiger partial charge in [-0.3, -0.25) is 19.8 Å². The van der Waals surface area contributed by atoms with Crippen molar-refractivity contribution in [2.75, 3.05) is 80.8 Å². The van der Waals surface area contributed by atoms with Gasteiger partial charge in [-0.1, -0.05) is 37.6 Å². The topological polar surface area (TPSA) is 205 Å². The van der Waals surface area contributed by atoms with Gasteiger partial charge in [-0.15, -0.1) is 0 Å². The second-order valence-corrected chi connectivity index (χ2v) is 23.5. The number of aliphatic hydroxyl groups is 1. The molecule has 4 N–H and O–H groups in total. The number of hydrogen-bond acceptors (Lipinski definition) is 14. The number of piperazine rings is 1. The van der Waals surface area contributed by atoms with E-state index in [0.29, 0.717) is 99.8 Å². The van der Waals surface area contributed by atoms with Crippen LogP contribution in [0.15, 0.2) is 89.5 Å². The number of rotatable bonds is 10. The van der Waals surface area contributed by atoms with Gasteiger partial charge < -0.3 is 39.4 Å². The Morgan fingerprint density at radius 3 is 2.58 bits per heavy atom. The van der Waals surface area contributed by atoms with Crippen molar-refractivity contribution in [2.24, 2.45) is 11.3 Å². The van der Waals surface area contributed by atoms with Crippen molar-refractivity contribution < 1.29 is 37.5 Å². The summed E-state index contributed by atoms with van der Waals surface area (Å²) in [5, 5.41) is 27.4. The first kappa shape index (κ1) is 50.8. The number of amides is 1. The zero-order chi connectivity index (χ0) is 51.1. The monoisotopic (exact) mass is 1040 g/mol. The zero-order valence-electron chi connectivity index (χ0n) is 41.7. The Labute approximate surface area is 431 Å². The minimum atomic E-state index is -4.63. The molecule has 3 fully saturated rings. The highest BCUT2D eigenvalue weighted by Crippen LogP contribution is 2.46. The van der Waals surface area contributed by atoms with Gasteiger partial charge in [0.15, 0.2) is 0 Å². The maximum atomic E-state index is 14.6. The average molecular weight is 1040 g/mol. The number of nitro groups is 1. The number of H-pyrrole nitrogens is 1. The van der Waals surface area contributed by atoms with Crippen LogP contribution in [0, 0.1) is 21.4 Å². The Hall–Kier alpha value is -5.76. The highest BCUT2D eigenvalue weighted by atomic mass is 35.5. The summed E-state index contributed by atoms with van der Waals surface area (Å²) in [5.74, 6) is -0.340. The number of benzene rings is 3. The summed E-state index contributed by atoms with van der Waals surface area (Å²) in [6, 6.07) is 21.0. The summed E-state index contributed by atoms with van der Waals surface area (Å²) in [5.41, 5.74) is 5.46. The van der Waals surface area contributed by atoms with E-state index >= 15 is 0 Å². The highest BCUT2D eigenvalue weighted by molar-refractivity contribution is 7.90. The molecule has 388 valence electrons. The third kappa shape index (κ3) is 11.3. The molecule has 3 aromatic carbocycles. The third-order valence-electron chi connectivity index (χ3n) is 15.3. The lowest BCUT2D eigenvalue weighted by Gasteiger charge is -2.45. The van der Waals surface area contributed by atoms with E-state index in [4.69, 9.17) is 30.8 Å². The molecule has 1 saturated carbocycles. The van der Waals surface area contributed by atoms with Crippen LogP contribution in [0.25, 0.3) is 16.6 Å². The standard InChI is InChI=1S/C54H65ClN8O9S/c1-53(2)29-43(36-6-8-38(55)9-7-36)44-33-61-22-21-60(32-40(61)34-70-23-5-25-71-49(44)30-53)39-10-12-42(46(27-39)62-20-4-24-72-52-48(62)26-37-16-19-56-50(37)58-52)51(64)59-73(68,69)41-11-13-45(47(28-41)63(66)67)57-31-35-14-17-54(3,65)18-15-35/h6-13,16,19,26-28,35,40,49,57,65H,4-5,14-15,17-18,20-25,29-34H2,1-3H3,(H,56,58)(H,59,64)/t35?,40-,49+,54?/m0/s1. The molecule has 2 saturated heterocycles. The van der Waals surface area contributed by atoms with Gasteiger partial charge in [-0.25, -0.2) is 13.1 Å². The lowest BCUT2D eigenvalue weighted by Crippen LogP contribution is -2.56. The highest BCUT2D eigenvalue weighted by Gasteiger charge is 2.39. The smallest absolute Gasteiger partial charge is 0.293 e. The largest absolute Gasteiger partial charge is 0.476 e. The second-order valence-electron chi connectivity index (χ2n) is 21.4. The van der Waals surface area contributed by atoms with E-state index in [-0.39, 0.29) is 34.7 Å². The fourth-order valence-electron chi connectivity index (χ4n) is 11.2. The number of hydrogen-bond donors (Lipinski definition) is 4. The number of aromatic amines is 1. The number of carbonyl (C=O) groups excluding carboxylic acids is 1. The molecule has 2 aliphatic carbocycles. The van der Waals surface area contributed by atoms with Crippen molar-refractivity contribution in [1.29, 1.82) is 0 Å². The molecule has 17 nitrogen and oxygen atoms in total. The van der Waals surface area contributed by atoms with Crippen LogP contribution < -0.4 is 24.6 Å². The Morgan fingerprint density at radius 2 is 1.78 bits per heavy atom. The van der Waals surface area contributed by atoms with Crippen LogP contribution in [0.2, 0.25) is 5.02 Å². The normalized spacial score (nSPS) is 24.0. The van der Waals surface area contributed by atoms with Crippen LogP contribution in [0.3, 0.4) is 0 Å². The number of nitro benzene ring substituents is 1. The van der Waals surface area contributed by atoms with Gasteiger partial charge in [0.25, 0.3) is 21.6 Å². The maximum Gasteiger partial charge on any atom is 0.293 e. The molecule has 1 amide bonds. The van der Waals surface area contributed by atoms with Crippen molar-refractivity contribution in [3.8, 4) is 5.88 Å². The number of nitrogens with zero attached hydrogens (tertiary/aromatic N) is 5. The fraction of sp³-hybridized carbons (Fsp3) is 0.481. The molecule has 73 heavy (non-hydrogen) atoms. The van der Waals surface area contributed by atoms with E-state index in [1.807, 2.05) is 48.2 Å². The number of sulfonamides is 1. The number of allylic oxidation sites excluding steroid dienone is 1. The molecule has 5 heterocycles. The summed E-state index contributed by atoms with van der Waals surface area (Å²) in [6.07, 6.45) is 7.71. The molecule has 10 rings (SSSR count). The van der Waals surface area contributed by atoms with Gasteiger partial charge in [0, 0.05) is 80.8 Å². The molecular weight excluding hydrogens is 972 g/mol. The minimum absolute atomic E-state index is 0.00637. The molecule has 0 spiro atoms. The number of anilines is 4. The fourth-order valence-corrected chi connectivity index (χ4v) is 12.3. The van der Waals surface area contributed by atoms with Crippen molar-refractivity contribution in [3.63, 3.8) is 0 Å². The van der Waals surface area contributed by atoms with Gasteiger partial charge in [-0.05, 0) is 141 Å². The third-order valence-corrected chi connectivity index (χ3v) is 16.9. The molecule has 5 aliphatic rings. The average Bonchev–Trinajstić information content (AvgIpc) is 3.71. The summed E-state index contributed by atoms with van der Waals surface area (Å²) in [4.78, 5) is 40.6. The van der Waals surface area contributed by atoms with Crippen LogP contribution in [-0.2, 0) is 19.5 Å². The van der Waals surface area contributed by atoms with E-state index in [2.05, 4.69) is 50.8 Å². The predicted molar refractivity (Wildman–Crippen MR) is 283 cm³/mol. The van der Waals surface area contributed by atoms with Gasteiger partial charge in [-0.2, -0.15) is 4.98 Å². The molecule has 0 unspecified atom stereocenters. The van der Waals surface area contributed by atoms with Gasteiger partial charge in [0.1, 0.15) is 17.0 Å². The lowest BCUT2D eigenvalue weighted by atomic mass is 9.71. The first-order valence-electron chi connectivity index (χ1n) is 25.5. The van der Waals surface area contributed by atoms with Crippen LogP contribution >= 0.6 is 11.6 Å². The van der Waals surface area contributed by atoms with Gasteiger partial charge in [0.2, 0.25) is 5.88 Å². The van der Waals surface area contributed by atoms with E-state index in [1.165, 1.54) is 23.3 Å². The number of fused-ring (bicyclic) bond motifs is 4. The Morgan fingerprint density at radius 1 is 0.973 bits per heavy atom. The number of carbonyl (C=O) groups is 1. The van der Waals surface area contributed by atoms with Crippen LogP contribution in [0.5, 0.6) is 5.88 Å². The van der Waals surface area contributed by atoms with E-state index in [9.17, 15) is 28.4 Å². The Bertz CT molecular complexity index is 3010. The van der Waals surface area contributed by atoms with Gasteiger partial charge in [0.05, 0.1) is 52.0 Å². The number of pyridine rings is 1. The van der Waals surface area contributed by atoms with Gasteiger partial charge >= 0.3 is 0 Å². The molecule has 2 aromatic heterocycles. The number of aromatic nitrogens is 2. The molecule has 0 radical (unpaired) electrons. The molecule has 3 aliphatic heterocycles. The molecule has 19 heteroatoms. The van der Waals surface area contributed by atoms with Crippen LogP contribution in [0.1, 0.15) is 88.1 Å². The SMILES string of the molecule is CC1(C)CC(c2ccc(Cl)cc2)=C2CN3CCN(c4ccc(C(=O)NS(=O)(=O)c5ccc(NCC6CCC(C)(O)CC6)c([N+](=O)[O-])c5)c(N5CCCOc6nc7[nH]ccc7cc65)c4)C[C@H]3COCCCO[C@@H]2C1. The summed E-state index contributed by atoms with van der Waals surface area (Å²) < 4.78 is 49.8. The number of halogens is 1. The van der Waals surface area contributed by atoms with Crippen molar-refractivity contribution in [1.82, 2.24) is 19.6 Å². The summed E-state index contributed by atoms with van der Waals surface area (Å²) >= 11 is 6.38. The minimum Gasteiger partial charge on any atom is -0.476 e. The van der Waals surface area contributed by atoms with Crippen LogP contribution in [0.4, 0.5) is 28.4 Å². The van der Waals surface area contributed by atoms with Crippen molar-refractivity contribution in [2.45, 2.75) is 94.8 Å². The first-order chi connectivity index (χ1) is 35.0. The zero-order valence-corrected chi connectivity index (χ0v) is 43.3. The predicted octanol–water partition coefficient (Wildman–Crippen LogP) is 9.09. The number of nitrogens with one attached hydrogen (secondary N) is 3. The quantitative estimate of drug-likeness (QED) is 0.0761. The first-order valence-corrected chi connectivity index (χ1v) is 27.4. The van der Waals surface area contributed by atoms with Crippen LogP contribution in [-0.4, -0.2) is 123 Å². The van der Waals surface area contributed by atoms with E-state index < -0.39 is 37.0 Å². The maximum absolute atomic E-state index is 14.6. The van der Waals surface area contributed by atoms with E-state index in [0.717, 1.165) is 67.9 Å². The van der Waals surface area contributed by atoms with Crippen molar-refractivity contribution in [3.05, 3.63) is 111 Å². The van der Waals surface area contributed by atoms with E-state index in [1.54, 1.807) is 12.3 Å². The second kappa shape index (κ2) is 20.9. The molecular formula is C54H65ClN8O9S. The Kier molecular flexibility index (Phi) is 14.5. The summed E-state index contributed by atoms with van der Waals surface area (Å²) in [6.45, 7) is 12.1. The Balaban J connectivity index is 0.957. The van der Waals surface area contributed by atoms with Crippen molar-refractivity contribution >= 4 is 72.6 Å². The number of ether oxygens (including phenoxy) is 3. The molecule has 2 atom stereocenters. The molecule has 5 aromatic rings.